The number of ether oxygens (including phenoxy) is 2. The lowest BCUT2D eigenvalue weighted by atomic mass is 9.88. The van der Waals surface area contributed by atoms with Crippen LogP contribution in [0.5, 0.6) is 5.75 Å². The Labute approximate surface area is 114 Å². The highest BCUT2D eigenvalue weighted by Gasteiger charge is 2.27. The van der Waals surface area contributed by atoms with Crippen molar-refractivity contribution in [3.05, 3.63) is 29.8 Å². The number of rotatable bonds is 5. The van der Waals surface area contributed by atoms with Gasteiger partial charge in [-0.2, -0.15) is 0 Å². The van der Waals surface area contributed by atoms with Gasteiger partial charge >= 0.3 is 5.97 Å². The Morgan fingerprint density at radius 1 is 1.32 bits per heavy atom. The van der Waals surface area contributed by atoms with Crippen molar-refractivity contribution in [3.8, 4) is 5.75 Å². The maximum Gasteiger partial charge on any atom is 0.313 e. The van der Waals surface area contributed by atoms with Crippen LogP contribution in [0, 0.1) is 5.92 Å². The van der Waals surface area contributed by atoms with Crippen LogP contribution in [0.15, 0.2) is 24.3 Å². The molecule has 0 radical (unpaired) electrons. The Hall–Kier alpha value is -1.51. The molecule has 1 atom stereocenters. The van der Waals surface area contributed by atoms with Crippen LogP contribution in [0.2, 0.25) is 0 Å². The van der Waals surface area contributed by atoms with E-state index in [2.05, 4.69) is 0 Å². The summed E-state index contributed by atoms with van der Waals surface area (Å²) in [5, 5.41) is 0. The van der Waals surface area contributed by atoms with Crippen LogP contribution >= 0.6 is 0 Å². The fourth-order valence-corrected chi connectivity index (χ4v) is 2.95. The lowest BCUT2D eigenvalue weighted by molar-refractivity contribution is -0.142. The summed E-state index contributed by atoms with van der Waals surface area (Å²) in [4.78, 5) is 12.0. The molecular weight excluding hydrogens is 240 g/mol. The van der Waals surface area contributed by atoms with Gasteiger partial charge in [0.15, 0.2) is 0 Å². The number of carbonyl (C=O) groups is 1. The van der Waals surface area contributed by atoms with Gasteiger partial charge in [-0.1, -0.05) is 37.8 Å². The van der Waals surface area contributed by atoms with Crippen molar-refractivity contribution in [3.63, 3.8) is 0 Å². The van der Waals surface area contributed by atoms with Gasteiger partial charge in [-0.25, -0.2) is 0 Å². The van der Waals surface area contributed by atoms with E-state index in [1.165, 1.54) is 32.8 Å². The van der Waals surface area contributed by atoms with Gasteiger partial charge in [0.25, 0.3) is 0 Å². The summed E-state index contributed by atoms with van der Waals surface area (Å²) in [6.45, 7) is 0. The summed E-state index contributed by atoms with van der Waals surface area (Å²) in [5.41, 5.74) is 0.998. The monoisotopic (exact) mass is 262 g/mol. The first-order valence-corrected chi connectivity index (χ1v) is 6.96. The third kappa shape index (κ3) is 3.49. The first kappa shape index (κ1) is 13.9. The predicted octanol–water partition coefficient (Wildman–Crippen LogP) is 3.53. The minimum atomic E-state index is -0.164. The van der Waals surface area contributed by atoms with E-state index in [1.807, 2.05) is 24.3 Å². The number of hydrogen-bond donors (Lipinski definition) is 0. The van der Waals surface area contributed by atoms with Gasteiger partial charge in [0.2, 0.25) is 0 Å². The molecule has 2 rings (SSSR count). The Bertz CT molecular complexity index is 422. The van der Waals surface area contributed by atoms with E-state index in [-0.39, 0.29) is 11.9 Å². The normalized spacial score (nSPS) is 17.2. The summed E-state index contributed by atoms with van der Waals surface area (Å²) in [6, 6.07) is 7.75. The summed E-state index contributed by atoms with van der Waals surface area (Å²) >= 11 is 0. The number of esters is 1. The molecule has 1 unspecified atom stereocenters. The fraction of sp³-hybridized carbons (Fsp3) is 0.562. The van der Waals surface area contributed by atoms with Crippen molar-refractivity contribution in [1.29, 1.82) is 0 Å². The summed E-state index contributed by atoms with van der Waals surface area (Å²) in [5.74, 6) is 1.14. The molecule has 0 bridgehead atoms. The molecule has 3 heteroatoms. The molecule has 3 nitrogen and oxygen atoms in total. The van der Waals surface area contributed by atoms with Gasteiger partial charge in [-0.05, 0) is 30.0 Å². The smallest absolute Gasteiger partial charge is 0.313 e. The van der Waals surface area contributed by atoms with E-state index in [0.29, 0.717) is 5.92 Å². The molecule has 19 heavy (non-hydrogen) atoms. The average Bonchev–Trinajstić information content (AvgIpc) is 2.97. The van der Waals surface area contributed by atoms with E-state index >= 15 is 0 Å². The number of methoxy groups -OCH3 is 2. The second kappa shape index (κ2) is 6.60. The minimum absolute atomic E-state index is 0.139. The molecule has 1 saturated carbocycles. The second-order valence-electron chi connectivity index (χ2n) is 5.24. The van der Waals surface area contributed by atoms with Crippen LogP contribution in [0.4, 0.5) is 0 Å². The molecule has 0 saturated heterocycles. The van der Waals surface area contributed by atoms with Crippen molar-refractivity contribution in [2.75, 3.05) is 14.2 Å². The molecule has 0 amide bonds. The zero-order valence-electron chi connectivity index (χ0n) is 11.7. The maximum absolute atomic E-state index is 12.0. The van der Waals surface area contributed by atoms with E-state index in [9.17, 15) is 4.79 Å². The molecule has 0 N–H and O–H groups in total. The minimum Gasteiger partial charge on any atom is -0.497 e. The van der Waals surface area contributed by atoms with Gasteiger partial charge in [0, 0.05) is 0 Å². The zero-order chi connectivity index (χ0) is 13.7. The van der Waals surface area contributed by atoms with Crippen LogP contribution in [0.25, 0.3) is 0 Å². The molecule has 1 aromatic carbocycles. The van der Waals surface area contributed by atoms with Gasteiger partial charge in [-0.3, -0.25) is 4.79 Å². The maximum atomic E-state index is 12.0. The van der Waals surface area contributed by atoms with Gasteiger partial charge < -0.3 is 9.47 Å². The van der Waals surface area contributed by atoms with E-state index in [0.717, 1.165) is 17.7 Å². The van der Waals surface area contributed by atoms with Gasteiger partial charge in [0.1, 0.15) is 5.75 Å². The van der Waals surface area contributed by atoms with E-state index in [1.54, 1.807) is 7.11 Å². The van der Waals surface area contributed by atoms with Crippen LogP contribution in [-0.2, 0) is 9.53 Å². The molecule has 1 aliphatic rings. The van der Waals surface area contributed by atoms with E-state index < -0.39 is 0 Å². The third-order valence-corrected chi connectivity index (χ3v) is 4.03. The molecule has 1 fully saturated rings. The first-order valence-electron chi connectivity index (χ1n) is 6.96. The van der Waals surface area contributed by atoms with Crippen molar-refractivity contribution >= 4 is 5.97 Å². The quantitative estimate of drug-likeness (QED) is 0.761. The Morgan fingerprint density at radius 3 is 2.68 bits per heavy atom. The molecule has 1 aromatic rings. The Kier molecular flexibility index (Phi) is 4.83. The Balaban J connectivity index is 2.17. The number of benzene rings is 1. The van der Waals surface area contributed by atoms with Crippen molar-refractivity contribution in [1.82, 2.24) is 0 Å². The third-order valence-electron chi connectivity index (χ3n) is 4.03. The first-order chi connectivity index (χ1) is 9.24. The van der Waals surface area contributed by atoms with E-state index in [4.69, 9.17) is 9.47 Å². The van der Waals surface area contributed by atoms with Gasteiger partial charge in [-0.15, -0.1) is 0 Å². The summed E-state index contributed by atoms with van der Waals surface area (Å²) < 4.78 is 10.2. The zero-order valence-corrected chi connectivity index (χ0v) is 11.7. The average molecular weight is 262 g/mol. The topological polar surface area (TPSA) is 35.5 Å². The van der Waals surface area contributed by atoms with Crippen LogP contribution in [0.1, 0.15) is 43.6 Å². The molecule has 0 heterocycles. The highest BCUT2D eigenvalue weighted by molar-refractivity contribution is 5.78. The SMILES string of the molecule is COC(=O)C(CC1CCCC1)c1cccc(OC)c1. The van der Waals surface area contributed by atoms with Crippen LogP contribution < -0.4 is 4.74 Å². The molecule has 0 aliphatic heterocycles. The second-order valence-corrected chi connectivity index (χ2v) is 5.24. The number of carbonyl (C=O) groups excluding carboxylic acids is 1. The molecule has 104 valence electrons. The van der Waals surface area contributed by atoms with Crippen molar-refractivity contribution in [2.24, 2.45) is 5.92 Å². The lowest BCUT2D eigenvalue weighted by Gasteiger charge is -2.19. The standard InChI is InChI=1S/C16H22O3/c1-18-14-9-5-8-13(11-14)15(16(17)19-2)10-12-6-3-4-7-12/h5,8-9,11-12,15H,3-4,6-7,10H2,1-2H3. The largest absolute Gasteiger partial charge is 0.497 e. The molecule has 1 aliphatic carbocycles. The number of hydrogen-bond acceptors (Lipinski definition) is 3. The fourth-order valence-electron chi connectivity index (χ4n) is 2.95. The highest BCUT2D eigenvalue weighted by Crippen LogP contribution is 2.35. The van der Waals surface area contributed by atoms with Gasteiger partial charge in [0.05, 0.1) is 20.1 Å². The summed E-state index contributed by atoms with van der Waals surface area (Å²) in [7, 11) is 3.10. The Morgan fingerprint density at radius 2 is 2.05 bits per heavy atom. The van der Waals surface area contributed by atoms with Crippen LogP contribution in [-0.4, -0.2) is 20.2 Å². The van der Waals surface area contributed by atoms with Crippen molar-refractivity contribution < 1.29 is 14.3 Å². The molecular formula is C16H22O3. The summed E-state index contributed by atoms with van der Waals surface area (Å²) in [6.07, 6.45) is 5.93. The molecule has 0 aromatic heterocycles. The lowest BCUT2D eigenvalue weighted by Crippen LogP contribution is -2.17. The van der Waals surface area contributed by atoms with Crippen molar-refractivity contribution in [2.45, 2.75) is 38.0 Å². The molecule has 0 spiro atoms. The van der Waals surface area contributed by atoms with Crippen LogP contribution in [0.3, 0.4) is 0 Å². The predicted molar refractivity (Wildman–Crippen MR) is 74.3 cm³/mol. The highest BCUT2D eigenvalue weighted by atomic mass is 16.5.